The van der Waals surface area contributed by atoms with Crippen LogP contribution in [0.25, 0.3) is 17.0 Å². The maximum Gasteiger partial charge on any atom is 0.212 e. The molecule has 4 heteroatoms. The van der Waals surface area contributed by atoms with Crippen molar-refractivity contribution in [3.8, 4) is 0 Å². The number of pyridine rings is 1. The third-order valence-electron chi connectivity index (χ3n) is 4.94. The number of benzene rings is 2. The average Bonchev–Trinajstić information content (AvgIpc) is 2.99. The van der Waals surface area contributed by atoms with Crippen LogP contribution in [-0.2, 0) is 7.05 Å². The van der Waals surface area contributed by atoms with Crippen molar-refractivity contribution in [2.45, 2.75) is 18.2 Å². The number of thioether (sulfide) groups is 1. The van der Waals surface area contributed by atoms with Gasteiger partial charge in [-0.05, 0) is 42.3 Å². The van der Waals surface area contributed by atoms with Crippen LogP contribution in [0.5, 0.6) is 0 Å². The standard InChI is InChI=1S/C23H23N2S.HI/c1-4-17(16-23-25(3)21-11-7-8-12-22(21)26-23)15-19-14-13-18-9-5-6-10-20(18)24(19)2;/h5-16H,4H2,1-3H3;1H/q+1;/p-1. The SMILES string of the molecule is CCC(=C/c1ccc2ccccc2[n+]1C)/C=C1/Sc2ccccc2N1C.[I-]. The molecule has 0 radical (unpaired) electrons. The molecule has 0 N–H and O–H groups in total. The minimum absolute atomic E-state index is 0. The van der Waals surface area contributed by atoms with Crippen LogP contribution >= 0.6 is 11.8 Å². The molecule has 0 saturated heterocycles. The largest absolute Gasteiger partial charge is 1.00 e. The minimum atomic E-state index is 0. The molecular formula is C23H23IN2S. The predicted molar refractivity (Wildman–Crippen MR) is 112 cm³/mol. The zero-order chi connectivity index (χ0) is 18.1. The quantitative estimate of drug-likeness (QED) is 0.415. The molecule has 1 aliphatic heterocycles. The van der Waals surface area contributed by atoms with Crippen molar-refractivity contribution in [2.75, 3.05) is 11.9 Å². The second kappa shape index (κ2) is 8.48. The molecule has 0 unspecified atom stereocenters. The Morgan fingerprint density at radius 2 is 1.78 bits per heavy atom. The van der Waals surface area contributed by atoms with Crippen molar-refractivity contribution in [3.63, 3.8) is 0 Å². The summed E-state index contributed by atoms with van der Waals surface area (Å²) < 4.78 is 2.27. The van der Waals surface area contributed by atoms with Crippen molar-refractivity contribution in [1.29, 1.82) is 0 Å². The lowest BCUT2D eigenvalue weighted by molar-refractivity contribution is -0.646. The van der Waals surface area contributed by atoms with Gasteiger partial charge in [0.15, 0.2) is 0 Å². The van der Waals surface area contributed by atoms with Gasteiger partial charge in [-0.25, -0.2) is 0 Å². The van der Waals surface area contributed by atoms with Gasteiger partial charge in [-0.1, -0.05) is 43.0 Å². The Morgan fingerprint density at radius 3 is 2.56 bits per heavy atom. The smallest absolute Gasteiger partial charge is 0.212 e. The molecule has 0 spiro atoms. The van der Waals surface area contributed by atoms with Crippen LogP contribution in [-0.4, -0.2) is 7.05 Å². The van der Waals surface area contributed by atoms with Gasteiger partial charge in [0.05, 0.1) is 10.7 Å². The van der Waals surface area contributed by atoms with Crippen LogP contribution < -0.4 is 33.4 Å². The van der Waals surface area contributed by atoms with E-state index in [-0.39, 0.29) is 24.0 Å². The topological polar surface area (TPSA) is 7.12 Å². The molecule has 3 aromatic rings. The van der Waals surface area contributed by atoms with E-state index in [4.69, 9.17) is 0 Å². The number of anilines is 1. The summed E-state index contributed by atoms with van der Waals surface area (Å²) in [6.07, 6.45) is 5.62. The fourth-order valence-electron chi connectivity index (χ4n) is 3.35. The van der Waals surface area contributed by atoms with Crippen LogP contribution in [0.2, 0.25) is 0 Å². The number of allylic oxidation sites excluding steroid dienone is 2. The fraction of sp³-hybridized carbons (Fsp3) is 0.174. The first-order valence-electron chi connectivity index (χ1n) is 8.98. The lowest BCUT2D eigenvalue weighted by Gasteiger charge is -2.13. The molecule has 0 bridgehead atoms. The lowest BCUT2D eigenvalue weighted by Crippen LogP contribution is -3.00. The van der Waals surface area contributed by atoms with Crippen molar-refractivity contribution >= 4 is 34.4 Å². The molecule has 27 heavy (non-hydrogen) atoms. The van der Waals surface area contributed by atoms with Crippen LogP contribution in [0, 0.1) is 0 Å². The molecule has 4 rings (SSSR count). The molecule has 0 atom stereocenters. The van der Waals surface area contributed by atoms with Crippen molar-refractivity contribution in [2.24, 2.45) is 7.05 Å². The van der Waals surface area contributed by atoms with Crippen molar-refractivity contribution in [1.82, 2.24) is 0 Å². The number of aromatic nitrogens is 1. The van der Waals surface area contributed by atoms with Gasteiger partial charge < -0.3 is 28.9 Å². The molecule has 0 saturated carbocycles. The van der Waals surface area contributed by atoms with E-state index < -0.39 is 0 Å². The van der Waals surface area contributed by atoms with Crippen molar-refractivity contribution in [3.05, 3.63) is 83.0 Å². The molecule has 2 nitrogen and oxygen atoms in total. The highest BCUT2D eigenvalue weighted by Crippen LogP contribution is 2.45. The number of hydrogen-bond acceptors (Lipinski definition) is 2. The maximum atomic E-state index is 2.32. The summed E-state index contributed by atoms with van der Waals surface area (Å²) in [6.45, 7) is 2.22. The Bertz CT molecular complexity index is 1040. The third kappa shape index (κ3) is 3.92. The summed E-state index contributed by atoms with van der Waals surface area (Å²) in [5.41, 5.74) is 5.10. The van der Waals surface area contributed by atoms with Crippen LogP contribution in [0.4, 0.5) is 5.69 Å². The van der Waals surface area contributed by atoms with E-state index in [9.17, 15) is 0 Å². The summed E-state index contributed by atoms with van der Waals surface area (Å²) in [7, 11) is 4.29. The second-order valence-corrected chi connectivity index (χ2v) is 7.62. The molecule has 0 amide bonds. The predicted octanol–water partition coefficient (Wildman–Crippen LogP) is 2.55. The highest BCUT2D eigenvalue weighted by Gasteiger charge is 2.21. The normalized spacial score (nSPS) is 15.1. The first kappa shape index (κ1) is 20.0. The van der Waals surface area contributed by atoms with E-state index in [0.717, 1.165) is 6.42 Å². The van der Waals surface area contributed by atoms with E-state index in [1.807, 2.05) is 11.8 Å². The molecule has 2 aromatic carbocycles. The van der Waals surface area contributed by atoms with E-state index in [1.54, 1.807) is 0 Å². The summed E-state index contributed by atoms with van der Waals surface area (Å²) in [6, 6.07) is 21.5. The monoisotopic (exact) mass is 486 g/mol. The first-order valence-corrected chi connectivity index (χ1v) is 9.79. The molecule has 0 aliphatic carbocycles. The number of hydrogen-bond donors (Lipinski definition) is 0. The Balaban J connectivity index is 0.00000210. The van der Waals surface area contributed by atoms with Gasteiger partial charge in [-0.2, -0.15) is 4.57 Å². The van der Waals surface area contributed by atoms with Gasteiger partial charge in [0, 0.05) is 35.5 Å². The van der Waals surface area contributed by atoms with E-state index in [0.29, 0.717) is 0 Å². The Morgan fingerprint density at radius 1 is 1.04 bits per heavy atom. The summed E-state index contributed by atoms with van der Waals surface area (Å²) >= 11 is 1.84. The van der Waals surface area contributed by atoms with Crippen LogP contribution in [0.15, 0.2) is 82.2 Å². The molecule has 1 aromatic heterocycles. The van der Waals surface area contributed by atoms with E-state index in [1.165, 1.54) is 37.8 Å². The number of fused-ring (bicyclic) bond motifs is 2. The first-order chi connectivity index (χ1) is 12.7. The number of nitrogens with zero attached hydrogens (tertiary/aromatic N) is 2. The Labute approximate surface area is 182 Å². The van der Waals surface area contributed by atoms with Crippen molar-refractivity contribution < 1.29 is 28.5 Å². The third-order valence-corrected chi connectivity index (χ3v) is 6.11. The molecule has 138 valence electrons. The molecule has 0 fully saturated rings. The number of halogens is 1. The maximum absolute atomic E-state index is 2.32. The van der Waals surface area contributed by atoms with Gasteiger partial charge >= 0.3 is 0 Å². The lowest BCUT2D eigenvalue weighted by atomic mass is 10.1. The zero-order valence-corrected chi connectivity index (χ0v) is 18.8. The van der Waals surface area contributed by atoms with Gasteiger partial charge in [-0.3, -0.25) is 0 Å². The van der Waals surface area contributed by atoms with Crippen LogP contribution in [0.3, 0.4) is 0 Å². The highest BCUT2D eigenvalue weighted by molar-refractivity contribution is 8.03. The Kier molecular flexibility index (Phi) is 6.27. The summed E-state index contributed by atoms with van der Waals surface area (Å²) in [5.74, 6) is 0. The molecule has 2 heterocycles. The summed E-state index contributed by atoms with van der Waals surface area (Å²) in [5, 5.41) is 2.55. The minimum Gasteiger partial charge on any atom is -1.00 e. The number of rotatable bonds is 3. The van der Waals surface area contributed by atoms with Gasteiger partial charge in [-0.15, -0.1) is 0 Å². The molecule has 1 aliphatic rings. The zero-order valence-electron chi connectivity index (χ0n) is 15.8. The van der Waals surface area contributed by atoms with Gasteiger partial charge in [0.1, 0.15) is 7.05 Å². The highest BCUT2D eigenvalue weighted by atomic mass is 127. The van der Waals surface area contributed by atoms with Crippen LogP contribution in [0.1, 0.15) is 19.0 Å². The number of aryl methyl sites for hydroxylation is 1. The number of para-hydroxylation sites is 2. The van der Waals surface area contributed by atoms with E-state index in [2.05, 4.69) is 103 Å². The fourth-order valence-corrected chi connectivity index (χ4v) is 4.47. The summed E-state index contributed by atoms with van der Waals surface area (Å²) in [4.78, 5) is 3.61. The second-order valence-electron chi connectivity index (χ2n) is 6.56. The molecular weight excluding hydrogens is 463 g/mol. The Hall–Kier alpha value is -1.79. The van der Waals surface area contributed by atoms with Gasteiger partial charge in [0.2, 0.25) is 11.2 Å². The average molecular weight is 486 g/mol. The van der Waals surface area contributed by atoms with Gasteiger partial charge in [0.25, 0.3) is 0 Å². The van der Waals surface area contributed by atoms with E-state index >= 15 is 0 Å².